The highest BCUT2D eigenvalue weighted by atomic mass is 16.6. The Morgan fingerprint density at radius 3 is 2.95 bits per heavy atom. The van der Waals surface area contributed by atoms with E-state index in [1.807, 2.05) is 31.2 Å². The molecule has 0 spiro atoms. The lowest BCUT2D eigenvalue weighted by molar-refractivity contribution is -0.163. The molecular formula is C16H20O5. The summed E-state index contributed by atoms with van der Waals surface area (Å²) in [6, 6.07) is 7.56. The lowest BCUT2D eigenvalue weighted by Gasteiger charge is -2.28. The summed E-state index contributed by atoms with van der Waals surface area (Å²) in [5, 5.41) is 9.58. The molecule has 0 saturated carbocycles. The number of epoxide rings is 1. The molecule has 0 aromatic heterocycles. The van der Waals surface area contributed by atoms with Crippen LogP contribution in [0.4, 0.5) is 0 Å². The fourth-order valence-corrected chi connectivity index (χ4v) is 2.77. The number of carboxylic acid groups (broad SMARTS) is 1. The predicted molar refractivity (Wildman–Crippen MR) is 75.5 cm³/mol. The van der Waals surface area contributed by atoms with E-state index in [-0.39, 0.29) is 12.0 Å². The molecule has 0 amide bonds. The van der Waals surface area contributed by atoms with E-state index >= 15 is 0 Å². The van der Waals surface area contributed by atoms with Gasteiger partial charge in [0.1, 0.15) is 18.5 Å². The Balaban J connectivity index is 1.73. The number of rotatable bonds is 6. The second-order valence-electron chi connectivity index (χ2n) is 5.82. The summed E-state index contributed by atoms with van der Waals surface area (Å²) in [4.78, 5) is 11.7. The molecule has 2 fully saturated rings. The second-order valence-corrected chi connectivity index (χ2v) is 5.82. The van der Waals surface area contributed by atoms with Crippen LogP contribution in [0.3, 0.4) is 0 Å². The van der Waals surface area contributed by atoms with Gasteiger partial charge in [-0.2, -0.15) is 0 Å². The number of hydrogen-bond donors (Lipinski definition) is 1. The van der Waals surface area contributed by atoms with Gasteiger partial charge in [-0.25, -0.2) is 4.79 Å². The largest absolute Gasteiger partial charge is 0.491 e. The number of ether oxygens (including phenoxy) is 3. The van der Waals surface area contributed by atoms with Crippen molar-refractivity contribution in [3.63, 3.8) is 0 Å². The maximum absolute atomic E-state index is 11.7. The third-order valence-corrected chi connectivity index (χ3v) is 4.27. The molecule has 0 aliphatic carbocycles. The third kappa shape index (κ3) is 3.04. The maximum Gasteiger partial charge on any atom is 0.336 e. The van der Waals surface area contributed by atoms with Gasteiger partial charge < -0.3 is 19.3 Å². The fourth-order valence-electron chi connectivity index (χ4n) is 2.77. The third-order valence-electron chi connectivity index (χ3n) is 4.27. The molecule has 2 saturated heterocycles. The quantitative estimate of drug-likeness (QED) is 0.811. The van der Waals surface area contributed by atoms with Crippen LogP contribution in [0, 0.1) is 5.92 Å². The average Bonchev–Trinajstić information content (AvgIpc) is 3.22. The van der Waals surface area contributed by atoms with Crippen molar-refractivity contribution < 1.29 is 24.1 Å². The Morgan fingerprint density at radius 2 is 2.33 bits per heavy atom. The Hall–Kier alpha value is -1.59. The fraction of sp³-hybridized carbons (Fsp3) is 0.562. The predicted octanol–water partition coefficient (Wildman–Crippen LogP) is 1.89. The molecule has 3 atom stereocenters. The molecule has 0 radical (unpaired) electrons. The molecule has 2 aliphatic rings. The Morgan fingerprint density at radius 1 is 1.52 bits per heavy atom. The van der Waals surface area contributed by atoms with E-state index in [4.69, 9.17) is 14.2 Å². The molecule has 3 rings (SSSR count). The summed E-state index contributed by atoms with van der Waals surface area (Å²) in [5.74, 6) is -0.140. The second kappa shape index (κ2) is 5.66. The monoisotopic (exact) mass is 292 g/mol. The van der Waals surface area contributed by atoms with Gasteiger partial charge in [-0.05, 0) is 30.0 Å². The van der Waals surface area contributed by atoms with Crippen LogP contribution < -0.4 is 4.74 Å². The zero-order valence-electron chi connectivity index (χ0n) is 12.1. The number of benzene rings is 1. The molecule has 21 heavy (non-hydrogen) atoms. The van der Waals surface area contributed by atoms with Crippen LogP contribution in [0.25, 0.3) is 0 Å². The Kier molecular flexibility index (Phi) is 3.87. The normalized spacial score (nSPS) is 31.1. The number of aliphatic carboxylic acids is 1. The minimum atomic E-state index is -1.11. The van der Waals surface area contributed by atoms with E-state index in [0.29, 0.717) is 19.6 Å². The summed E-state index contributed by atoms with van der Waals surface area (Å²) in [6.45, 7) is 3.74. The van der Waals surface area contributed by atoms with Crippen LogP contribution in [0.2, 0.25) is 0 Å². The van der Waals surface area contributed by atoms with Crippen molar-refractivity contribution >= 4 is 5.97 Å². The van der Waals surface area contributed by atoms with Crippen molar-refractivity contribution in [3.05, 3.63) is 29.8 Å². The van der Waals surface area contributed by atoms with Crippen molar-refractivity contribution in [2.45, 2.75) is 31.5 Å². The summed E-state index contributed by atoms with van der Waals surface area (Å²) in [7, 11) is 0. The SMILES string of the molecule is CC1CCOC1(Cc1cccc(OCC2CO2)c1)C(=O)O. The van der Waals surface area contributed by atoms with Crippen LogP contribution >= 0.6 is 0 Å². The zero-order valence-corrected chi connectivity index (χ0v) is 12.1. The Bertz CT molecular complexity index is 525. The molecule has 1 aromatic rings. The highest BCUT2D eigenvalue weighted by Crippen LogP contribution is 2.36. The van der Waals surface area contributed by atoms with Gasteiger partial charge in [0.25, 0.3) is 0 Å². The number of carboxylic acids is 1. The van der Waals surface area contributed by atoms with Gasteiger partial charge in [0, 0.05) is 13.0 Å². The highest BCUT2D eigenvalue weighted by molar-refractivity contribution is 5.78. The number of carbonyl (C=O) groups is 1. The van der Waals surface area contributed by atoms with E-state index in [2.05, 4.69) is 0 Å². The highest BCUT2D eigenvalue weighted by Gasteiger charge is 2.48. The topological polar surface area (TPSA) is 68.3 Å². The molecule has 1 N–H and O–H groups in total. The van der Waals surface area contributed by atoms with Crippen LogP contribution in [-0.2, 0) is 20.7 Å². The molecule has 5 heteroatoms. The van der Waals surface area contributed by atoms with Gasteiger partial charge in [-0.1, -0.05) is 19.1 Å². The molecule has 1 aromatic carbocycles. The van der Waals surface area contributed by atoms with Crippen LogP contribution in [0.5, 0.6) is 5.75 Å². The van der Waals surface area contributed by atoms with Crippen LogP contribution in [-0.4, -0.2) is 42.6 Å². The van der Waals surface area contributed by atoms with Gasteiger partial charge in [0.05, 0.1) is 6.61 Å². The summed E-state index contributed by atoms with van der Waals surface area (Å²) in [5.41, 5.74) is -0.196. The van der Waals surface area contributed by atoms with Gasteiger partial charge in [-0.15, -0.1) is 0 Å². The average molecular weight is 292 g/mol. The van der Waals surface area contributed by atoms with E-state index in [1.54, 1.807) is 0 Å². The molecule has 3 unspecified atom stereocenters. The first kappa shape index (κ1) is 14.4. The first-order valence-electron chi connectivity index (χ1n) is 7.31. The zero-order chi connectivity index (χ0) is 14.9. The van der Waals surface area contributed by atoms with Gasteiger partial charge in [-0.3, -0.25) is 0 Å². The lowest BCUT2D eigenvalue weighted by atomic mass is 9.83. The first-order valence-corrected chi connectivity index (χ1v) is 7.31. The van der Waals surface area contributed by atoms with E-state index in [9.17, 15) is 9.90 Å². The van der Waals surface area contributed by atoms with Gasteiger partial charge >= 0.3 is 5.97 Å². The van der Waals surface area contributed by atoms with Crippen molar-refractivity contribution in [2.75, 3.05) is 19.8 Å². The standard InChI is InChI=1S/C16H20O5/c1-11-5-6-21-16(11,15(17)18)8-12-3-2-4-13(7-12)19-9-14-10-20-14/h2-4,7,11,14H,5-6,8-10H2,1H3,(H,17,18). The summed E-state index contributed by atoms with van der Waals surface area (Å²) >= 11 is 0. The molecule has 2 aliphatic heterocycles. The molecule has 5 nitrogen and oxygen atoms in total. The van der Waals surface area contributed by atoms with E-state index < -0.39 is 11.6 Å². The lowest BCUT2D eigenvalue weighted by Crippen LogP contribution is -2.45. The minimum absolute atomic E-state index is 0.000520. The number of hydrogen-bond acceptors (Lipinski definition) is 4. The van der Waals surface area contributed by atoms with E-state index in [0.717, 1.165) is 24.3 Å². The van der Waals surface area contributed by atoms with Crippen LogP contribution in [0.15, 0.2) is 24.3 Å². The molecule has 0 bridgehead atoms. The van der Waals surface area contributed by atoms with Crippen LogP contribution in [0.1, 0.15) is 18.9 Å². The van der Waals surface area contributed by atoms with E-state index in [1.165, 1.54) is 0 Å². The molecule has 114 valence electrons. The Labute approximate surface area is 123 Å². The smallest absolute Gasteiger partial charge is 0.336 e. The molecular weight excluding hydrogens is 272 g/mol. The summed E-state index contributed by atoms with van der Waals surface area (Å²) < 4.78 is 16.4. The maximum atomic E-state index is 11.7. The molecule has 2 heterocycles. The van der Waals surface area contributed by atoms with Crippen molar-refractivity contribution in [1.82, 2.24) is 0 Å². The van der Waals surface area contributed by atoms with Gasteiger partial charge in [0.2, 0.25) is 0 Å². The minimum Gasteiger partial charge on any atom is -0.491 e. The van der Waals surface area contributed by atoms with Crippen molar-refractivity contribution in [3.8, 4) is 5.75 Å². The van der Waals surface area contributed by atoms with Crippen molar-refractivity contribution in [1.29, 1.82) is 0 Å². The first-order chi connectivity index (χ1) is 10.1. The van der Waals surface area contributed by atoms with Gasteiger partial charge in [0.15, 0.2) is 5.60 Å². The van der Waals surface area contributed by atoms with Crippen molar-refractivity contribution in [2.24, 2.45) is 5.92 Å². The summed E-state index contributed by atoms with van der Waals surface area (Å²) in [6.07, 6.45) is 1.35.